The third-order valence-corrected chi connectivity index (χ3v) is 4.41. The van der Waals surface area contributed by atoms with E-state index in [1.807, 2.05) is 50.5 Å². The maximum Gasteiger partial charge on any atom is 0.193 e. The van der Waals surface area contributed by atoms with Gasteiger partial charge in [-0.2, -0.15) is 0 Å². The third kappa shape index (κ3) is 2.77. The van der Waals surface area contributed by atoms with E-state index in [-0.39, 0.29) is 5.78 Å². The summed E-state index contributed by atoms with van der Waals surface area (Å²) in [5.74, 6) is 1.76. The Bertz CT molecular complexity index is 738. The largest absolute Gasteiger partial charge is 0.478 e. The van der Waals surface area contributed by atoms with Crippen molar-refractivity contribution in [3.05, 3.63) is 58.7 Å². The van der Waals surface area contributed by atoms with E-state index in [2.05, 4.69) is 9.80 Å². The molecule has 0 saturated heterocycles. The molecule has 2 aromatic rings. The van der Waals surface area contributed by atoms with E-state index in [9.17, 15) is 4.79 Å². The number of carbonyl (C=O) groups is 1. The molecule has 0 aromatic heterocycles. The molecule has 0 radical (unpaired) electrons. The fourth-order valence-electron chi connectivity index (χ4n) is 3.17. The van der Waals surface area contributed by atoms with Gasteiger partial charge in [-0.3, -0.25) is 14.6 Å². The zero-order valence-electron chi connectivity index (χ0n) is 13.9. The Morgan fingerprint density at radius 1 is 0.833 bits per heavy atom. The molecule has 2 aliphatic rings. The van der Waals surface area contributed by atoms with Crippen LogP contribution >= 0.6 is 0 Å². The first kappa shape index (κ1) is 15.2. The lowest BCUT2D eigenvalue weighted by Gasteiger charge is -2.26. The number of hydrogen-bond acceptors (Lipinski definition) is 5. The maximum absolute atomic E-state index is 12.9. The van der Waals surface area contributed by atoms with Gasteiger partial charge in [-0.25, -0.2) is 0 Å². The average molecular weight is 324 g/mol. The summed E-state index contributed by atoms with van der Waals surface area (Å²) in [6, 6.07) is 11.4. The lowest BCUT2D eigenvalue weighted by molar-refractivity contribution is 0.103. The summed E-state index contributed by atoms with van der Waals surface area (Å²) in [4.78, 5) is 17.0. The predicted octanol–water partition coefficient (Wildman–Crippen LogP) is 2.48. The highest BCUT2D eigenvalue weighted by molar-refractivity contribution is 6.09. The molecule has 24 heavy (non-hydrogen) atoms. The van der Waals surface area contributed by atoms with Gasteiger partial charge in [0.25, 0.3) is 0 Å². The van der Waals surface area contributed by atoms with Crippen LogP contribution in [-0.4, -0.2) is 43.1 Å². The Hall–Kier alpha value is -2.37. The average Bonchev–Trinajstić information content (AvgIpc) is 2.59. The summed E-state index contributed by atoms with van der Waals surface area (Å²) < 4.78 is 11.3. The van der Waals surface area contributed by atoms with Gasteiger partial charge < -0.3 is 9.47 Å². The van der Waals surface area contributed by atoms with Gasteiger partial charge in [-0.05, 0) is 50.5 Å². The molecule has 4 rings (SSSR count). The van der Waals surface area contributed by atoms with Crippen LogP contribution in [0.4, 0.5) is 0 Å². The lowest BCUT2D eigenvalue weighted by atomic mass is 9.98. The van der Waals surface area contributed by atoms with E-state index in [0.717, 1.165) is 35.7 Å². The van der Waals surface area contributed by atoms with Crippen molar-refractivity contribution in [2.24, 2.45) is 0 Å². The summed E-state index contributed by atoms with van der Waals surface area (Å²) in [6.45, 7) is 2.75. The van der Waals surface area contributed by atoms with Gasteiger partial charge in [0.1, 0.15) is 25.0 Å². The number of carbonyl (C=O) groups excluding carboxylic acids is 1. The summed E-state index contributed by atoms with van der Waals surface area (Å²) in [6.07, 6.45) is 0. The van der Waals surface area contributed by atoms with Gasteiger partial charge in [0.15, 0.2) is 5.78 Å². The van der Waals surface area contributed by atoms with Crippen LogP contribution in [0.3, 0.4) is 0 Å². The molecule has 0 atom stereocenters. The van der Waals surface area contributed by atoms with Crippen LogP contribution < -0.4 is 9.47 Å². The second-order valence-electron chi connectivity index (χ2n) is 6.55. The van der Waals surface area contributed by atoms with E-state index in [4.69, 9.17) is 9.47 Å². The molecule has 0 fully saturated rings. The van der Waals surface area contributed by atoms with Crippen molar-refractivity contribution in [2.45, 2.75) is 13.1 Å². The molecule has 5 nitrogen and oxygen atoms in total. The van der Waals surface area contributed by atoms with Crippen molar-refractivity contribution in [3.8, 4) is 11.5 Å². The fourth-order valence-corrected chi connectivity index (χ4v) is 3.17. The second-order valence-corrected chi connectivity index (χ2v) is 6.55. The second kappa shape index (κ2) is 5.92. The monoisotopic (exact) mass is 324 g/mol. The van der Waals surface area contributed by atoms with Crippen molar-refractivity contribution < 1.29 is 14.3 Å². The number of benzene rings is 2. The van der Waals surface area contributed by atoms with Gasteiger partial charge in [0.2, 0.25) is 0 Å². The van der Waals surface area contributed by atoms with Crippen LogP contribution in [0.1, 0.15) is 27.0 Å². The van der Waals surface area contributed by atoms with Gasteiger partial charge >= 0.3 is 0 Å². The highest BCUT2D eigenvalue weighted by atomic mass is 16.5. The van der Waals surface area contributed by atoms with Crippen molar-refractivity contribution >= 4 is 5.78 Å². The molecule has 0 aliphatic carbocycles. The quantitative estimate of drug-likeness (QED) is 0.794. The number of fused-ring (bicyclic) bond motifs is 2. The summed E-state index contributed by atoms with van der Waals surface area (Å²) in [5.41, 5.74) is 3.49. The van der Waals surface area contributed by atoms with Crippen LogP contribution in [0.25, 0.3) is 0 Å². The van der Waals surface area contributed by atoms with Crippen molar-refractivity contribution in [2.75, 3.05) is 27.6 Å². The fraction of sp³-hybridized carbons (Fsp3) is 0.316. The summed E-state index contributed by atoms with van der Waals surface area (Å²) in [5, 5.41) is 0. The minimum Gasteiger partial charge on any atom is -0.478 e. The number of rotatable bonds is 2. The smallest absolute Gasteiger partial charge is 0.193 e. The van der Waals surface area contributed by atoms with Gasteiger partial charge in [0.05, 0.1) is 0 Å². The molecule has 2 aromatic carbocycles. The Morgan fingerprint density at radius 3 is 1.75 bits per heavy atom. The first-order chi connectivity index (χ1) is 11.6. The van der Waals surface area contributed by atoms with Gasteiger partial charge in [-0.15, -0.1) is 0 Å². The third-order valence-electron chi connectivity index (χ3n) is 4.41. The van der Waals surface area contributed by atoms with Gasteiger partial charge in [-0.1, -0.05) is 0 Å². The summed E-state index contributed by atoms with van der Waals surface area (Å²) in [7, 11) is 3.99. The van der Waals surface area contributed by atoms with Crippen LogP contribution in [-0.2, 0) is 13.1 Å². The predicted molar refractivity (Wildman–Crippen MR) is 90.2 cm³/mol. The Balaban J connectivity index is 1.64. The minimum absolute atomic E-state index is 0.0297. The molecule has 2 aliphatic heterocycles. The molecule has 0 amide bonds. The van der Waals surface area contributed by atoms with Crippen LogP contribution in [0.5, 0.6) is 11.5 Å². The van der Waals surface area contributed by atoms with E-state index < -0.39 is 0 Å². The zero-order chi connectivity index (χ0) is 16.7. The van der Waals surface area contributed by atoms with Crippen LogP contribution in [0, 0.1) is 0 Å². The zero-order valence-corrected chi connectivity index (χ0v) is 13.9. The number of ketones is 1. The molecule has 0 bridgehead atoms. The number of hydrogen-bond donors (Lipinski definition) is 0. The molecule has 2 heterocycles. The molecular weight excluding hydrogens is 304 g/mol. The normalized spacial score (nSPS) is 17.4. The minimum atomic E-state index is 0.0297. The molecule has 124 valence electrons. The Kier molecular flexibility index (Phi) is 3.75. The van der Waals surface area contributed by atoms with E-state index in [1.165, 1.54) is 0 Å². The van der Waals surface area contributed by atoms with Gasteiger partial charge in [0, 0.05) is 35.3 Å². The standard InChI is InChI=1S/C19H20N2O3/c1-20-9-15-7-13(3-5-17(15)23-11-20)19(22)14-4-6-18-16(8-14)10-21(2)12-24-18/h3-8H,9-12H2,1-2H3. The topological polar surface area (TPSA) is 42.0 Å². The highest BCUT2D eigenvalue weighted by Crippen LogP contribution is 2.29. The molecule has 0 spiro atoms. The lowest BCUT2D eigenvalue weighted by Crippen LogP contribution is -2.28. The van der Waals surface area contributed by atoms with E-state index in [1.54, 1.807) is 0 Å². The number of nitrogens with zero attached hydrogens (tertiary/aromatic N) is 2. The molecule has 0 N–H and O–H groups in total. The van der Waals surface area contributed by atoms with Crippen molar-refractivity contribution in [1.29, 1.82) is 0 Å². The molecule has 0 saturated carbocycles. The number of ether oxygens (including phenoxy) is 2. The molecule has 0 unspecified atom stereocenters. The highest BCUT2D eigenvalue weighted by Gasteiger charge is 2.20. The first-order valence-corrected chi connectivity index (χ1v) is 8.03. The van der Waals surface area contributed by atoms with Crippen LogP contribution in [0.2, 0.25) is 0 Å². The molecule has 5 heteroatoms. The van der Waals surface area contributed by atoms with Crippen molar-refractivity contribution in [1.82, 2.24) is 9.80 Å². The Labute approximate surface area is 141 Å². The summed E-state index contributed by atoms with van der Waals surface area (Å²) >= 11 is 0. The van der Waals surface area contributed by atoms with Crippen LogP contribution in [0.15, 0.2) is 36.4 Å². The van der Waals surface area contributed by atoms with Crippen molar-refractivity contribution in [3.63, 3.8) is 0 Å². The van der Waals surface area contributed by atoms with E-state index in [0.29, 0.717) is 24.6 Å². The Morgan fingerprint density at radius 2 is 1.29 bits per heavy atom. The first-order valence-electron chi connectivity index (χ1n) is 8.03. The SMILES string of the molecule is CN1COc2ccc(C(=O)c3ccc4c(c3)CN(C)CO4)cc2C1. The molecular formula is C19H20N2O3. The maximum atomic E-state index is 12.9. The van der Waals surface area contributed by atoms with E-state index >= 15 is 0 Å².